The van der Waals surface area contributed by atoms with Gasteiger partial charge in [-0.3, -0.25) is 0 Å². The zero-order valence-electron chi connectivity index (χ0n) is 6.34. The molecule has 0 saturated heterocycles. The Kier molecular flexibility index (Phi) is 3.98. The van der Waals surface area contributed by atoms with Gasteiger partial charge in [0.1, 0.15) is 12.4 Å². The molecule has 0 heterocycles. The summed E-state index contributed by atoms with van der Waals surface area (Å²) in [7, 11) is 0. The number of ether oxygens (including phenoxy) is 1. The lowest BCUT2D eigenvalue weighted by Crippen LogP contribution is -1.92. The minimum Gasteiger partial charge on any atom is -0.488 e. The zero-order valence-corrected chi connectivity index (χ0v) is 7.85. The number of hydrogen-bond donors (Lipinski definition) is 0. The van der Waals surface area contributed by atoms with Crippen LogP contribution in [0.1, 0.15) is 0 Å². The molecule has 0 aliphatic rings. The van der Waals surface area contributed by atoms with Crippen molar-refractivity contribution in [3.8, 4) is 5.75 Å². The minimum atomic E-state index is 0.438. The first-order chi connectivity index (χ1) is 5.84. The average molecular weight is 203 g/mol. The van der Waals surface area contributed by atoms with Crippen LogP contribution in [0, 0.1) is 0 Å². The van der Waals surface area contributed by atoms with Gasteiger partial charge in [0, 0.05) is 5.54 Å². The molecule has 0 spiro atoms. The predicted molar refractivity (Wildman–Crippen MR) is 51.9 cm³/mol. The second-order valence-electron chi connectivity index (χ2n) is 2.10. The highest BCUT2D eigenvalue weighted by Gasteiger charge is 1.96. The number of hydrogen-bond acceptors (Lipinski definition) is 1. The molecule has 3 heteroatoms. The maximum absolute atomic E-state index is 5.82. The summed E-state index contributed by atoms with van der Waals surface area (Å²) >= 11 is 11.1. The summed E-state index contributed by atoms with van der Waals surface area (Å²) in [6, 6.07) is 7.31. The SMILES string of the molecule is ClC=CCOc1ccccc1Cl. The van der Waals surface area contributed by atoms with Gasteiger partial charge in [0.25, 0.3) is 0 Å². The lowest BCUT2D eigenvalue weighted by Gasteiger charge is -2.03. The van der Waals surface area contributed by atoms with Gasteiger partial charge < -0.3 is 4.74 Å². The lowest BCUT2D eigenvalue weighted by molar-refractivity contribution is 0.363. The Bertz CT molecular complexity index is 271. The molecule has 64 valence electrons. The molecule has 0 unspecified atom stereocenters. The highest BCUT2D eigenvalue weighted by Crippen LogP contribution is 2.22. The Morgan fingerprint density at radius 3 is 2.75 bits per heavy atom. The fraction of sp³-hybridized carbons (Fsp3) is 0.111. The molecule has 1 rings (SSSR count). The van der Waals surface area contributed by atoms with Gasteiger partial charge in [0.15, 0.2) is 0 Å². The number of para-hydroxylation sites is 1. The van der Waals surface area contributed by atoms with Crippen molar-refractivity contribution in [1.29, 1.82) is 0 Å². The van der Waals surface area contributed by atoms with Crippen LogP contribution < -0.4 is 4.74 Å². The molecule has 0 N–H and O–H groups in total. The molecule has 0 atom stereocenters. The van der Waals surface area contributed by atoms with Crippen molar-refractivity contribution in [2.24, 2.45) is 0 Å². The molecule has 0 aromatic heterocycles. The Hall–Kier alpha value is -0.660. The number of benzene rings is 1. The quantitative estimate of drug-likeness (QED) is 0.730. The van der Waals surface area contributed by atoms with E-state index in [0.29, 0.717) is 17.4 Å². The van der Waals surface area contributed by atoms with Crippen LogP contribution in [0.4, 0.5) is 0 Å². The molecule has 1 aromatic carbocycles. The molecule has 0 aliphatic carbocycles. The summed E-state index contributed by atoms with van der Waals surface area (Å²) in [4.78, 5) is 0. The first kappa shape index (κ1) is 9.43. The van der Waals surface area contributed by atoms with Crippen molar-refractivity contribution >= 4 is 23.2 Å². The molecule has 0 radical (unpaired) electrons. The van der Waals surface area contributed by atoms with Crippen LogP contribution in [0.3, 0.4) is 0 Å². The van der Waals surface area contributed by atoms with Gasteiger partial charge in [0.05, 0.1) is 5.02 Å². The van der Waals surface area contributed by atoms with Crippen LogP contribution in [0.5, 0.6) is 5.75 Å². The van der Waals surface area contributed by atoms with Crippen molar-refractivity contribution in [2.45, 2.75) is 0 Å². The first-order valence-electron chi connectivity index (χ1n) is 3.47. The van der Waals surface area contributed by atoms with Crippen molar-refractivity contribution < 1.29 is 4.74 Å². The van der Waals surface area contributed by atoms with Crippen molar-refractivity contribution in [3.63, 3.8) is 0 Å². The number of halogens is 2. The maximum Gasteiger partial charge on any atom is 0.138 e. The number of rotatable bonds is 3. The smallest absolute Gasteiger partial charge is 0.138 e. The van der Waals surface area contributed by atoms with E-state index in [0.717, 1.165) is 0 Å². The second-order valence-corrected chi connectivity index (χ2v) is 2.76. The van der Waals surface area contributed by atoms with Gasteiger partial charge in [-0.1, -0.05) is 35.3 Å². The van der Waals surface area contributed by atoms with Crippen LogP contribution in [-0.2, 0) is 0 Å². The minimum absolute atomic E-state index is 0.438. The summed E-state index contributed by atoms with van der Waals surface area (Å²) in [5.41, 5.74) is 1.41. The monoisotopic (exact) mass is 202 g/mol. The summed E-state index contributed by atoms with van der Waals surface area (Å²) in [6.45, 7) is 0.438. The maximum atomic E-state index is 5.82. The molecule has 1 aromatic rings. The van der Waals surface area contributed by atoms with E-state index in [4.69, 9.17) is 27.9 Å². The standard InChI is InChI=1S/C9H8Cl2O/c10-6-3-7-12-9-5-2-1-4-8(9)11/h1-6H,7H2. The lowest BCUT2D eigenvalue weighted by atomic mass is 10.3. The second kappa shape index (κ2) is 5.07. The van der Waals surface area contributed by atoms with Gasteiger partial charge in [-0.15, -0.1) is 0 Å². The molecular weight excluding hydrogens is 195 g/mol. The van der Waals surface area contributed by atoms with E-state index >= 15 is 0 Å². The molecule has 12 heavy (non-hydrogen) atoms. The molecule has 0 aliphatic heterocycles. The Morgan fingerprint density at radius 2 is 2.08 bits per heavy atom. The molecule has 0 amide bonds. The Morgan fingerprint density at radius 1 is 1.33 bits per heavy atom. The van der Waals surface area contributed by atoms with E-state index < -0.39 is 0 Å². The van der Waals surface area contributed by atoms with Gasteiger partial charge in [-0.05, 0) is 18.2 Å². The van der Waals surface area contributed by atoms with E-state index in [1.807, 2.05) is 18.2 Å². The zero-order chi connectivity index (χ0) is 8.81. The van der Waals surface area contributed by atoms with E-state index in [-0.39, 0.29) is 0 Å². The van der Waals surface area contributed by atoms with E-state index in [1.54, 1.807) is 12.1 Å². The van der Waals surface area contributed by atoms with Crippen LogP contribution in [-0.4, -0.2) is 6.61 Å². The third-order valence-electron chi connectivity index (χ3n) is 1.26. The van der Waals surface area contributed by atoms with Crippen LogP contribution in [0.15, 0.2) is 35.9 Å². The Labute approximate surface area is 81.6 Å². The van der Waals surface area contributed by atoms with Crippen molar-refractivity contribution in [3.05, 3.63) is 40.9 Å². The first-order valence-corrected chi connectivity index (χ1v) is 4.28. The van der Waals surface area contributed by atoms with Crippen LogP contribution in [0.2, 0.25) is 5.02 Å². The van der Waals surface area contributed by atoms with Gasteiger partial charge in [-0.25, -0.2) is 0 Å². The molecule has 1 nitrogen and oxygen atoms in total. The van der Waals surface area contributed by atoms with Gasteiger partial charge in [0.2, 0.25) is 0 Å². The van der Waals surface area contributed by atoms with E-state index in [1.165, 1.54) is 5.54 Å². The average Bonchev–Trinajstić information content (AvgIpc) is 2.09. The van der Waals surface area contributed by atoms with E-state index in [9.17, 15) is 0 Å². The molecule has 0 fully saturated rings. The van der Waals surface area contributed by atoms with Crippen molar-refractivity contribution in [1.82, 2.24) is 0 Å². The third-order valence-corrected chi connectivity index (χ3v) is 1.75. The highest BCUT2D eigenvalue weighted by atomic mass is 35.5. The van der Waals surface area contributed by atoms with Gasteiger partial charge >= 0.3 is 0 Å². The largest absolute Gasteiger partial charge is 0.488 e. The summed E-state index contributed by atoms with van der Waals surface area (Å²) in [6.07, 6.45) is 1.70. The van der Waals surface area contributed by atoms with Gasteiger partial charge in [-0.2, -0.15) is 0 Å². The van der Waals surface area contributed by atoms with Crippen LogP contribution >= 0.6 is 23.2 Å². The normalized spacial score (nSPS) is 10.5. The van der Waals surface area contributed by atoms with Crippen LogP contribution in [0.25, 0.3) is 0 Å². The topological polar surface area (TPSA) is 9.23 Å². The highest BCUT2D eigenvalue weighted by molar-refractivity contribution is 6.32. The molecule has 0 bridgehead atoms. The molecular formula is C9H8Cl2O. The summed E-state index contributed by atoms with van der Waals surface area (Å²) < 4.78 is 5.27. The predicted octanol–water partition coefficient (Wildman–Crippen LogP) is 3.47. The molecule has 0 saturated carbocycles. The summed E-state index contributed by atoms with van der Waals surface area (Å²) in [5.74, 6) is 0.675. The summed E-state index contributed by atoms with van der Waals surface area (Å²) in [5, 5.41) is 0.612. The van der Waals surface area contributed by atoms with E-state index in [2.05, 4.69) is 0 Å². The Balaban J connectivity index is 2.57. The fourth-order valence-electron chi connectivity index (χ4n) is 0.736. The third kappa shape index (κ3) is 2.76. The fourth-order valence-corrected chi connectivity index (χ4v) is 0.999. The van der Waals surface area contributed by atoms with Crippen molar-refractivity contribution in [2.75, 3.05) is 6.61 Å².